The number of benzene rings is 2. The Morgan fingerprint density at radius 2 is 1.89 bits per heavy atom. The number of hydrogen-bond acceptors (Lipinski definition) is 3. The molecule has 1 amide bonds. The Labute approximate surface area is 155 Å². The highest BCUT2D eigenvalue weighted by Gasteiger charge is 2.39. The van der Waals surface area contributed by atoms with Gasteiger partial charge in [-0.05, 0) is 25.1 Å². The minimum atomic E-state index is -5.15. The van der Waals surface area contributed by atoms with E-state index in [9.17, 15) is 26.7 Å². The molecule has 28 heavy (non-hydrogen) atoms. The SMILES string of the molecule is Cc1nc2cc(F)ccc2n1Cc1ccc(C(=N)NC(=O)C(F)(F)F)cc1F. The van der Waals surface area contributed by atoms with E-state index < -0.39 is 29.6 Å². The Bertz CT molecular complexity index is 1090. The van der Waals surface area contributed by atoms with Crippen LogP contribution in [0.25, 0.3) is 11.0 Å². The zero-order valence-corrected chi connectivity index (χ0v) is 14.4. The van der Waals surface area contributed by atoms with Crippen LogP contribution in [0.15, 0.2) is 36.4 Å². The van der Waals surface area contributed by atoms with Crippen LogP contribution in [-0.4, -0.2) is 27.5 Å². The number of fused-ring (bicyclic) bond motifs is 1. The van der Waals surface area contributed by atoms with Gasteiger partial charge in [0.05, 0.1) is 17.6 Å². The molecule has 0 bridgehead atoms. The second kappa shape index (κ2) is 7.02. The molecule has 0 fully saturated rings. The first-order chi connectivity index (χ1) is 13.1. The second-order valence-corrected chi connectivity index (χ2v) is 6.01. The first kappa shape index (κ1) is 19.5. The van der Waals surface area contributed by atoms with E-state index in [4.69, 9.17) is 5.41 Å². The minimum absolute atomic E-state index is 0.0440. The van der Waals surface area contributed by atoms with Crippen molar-refractivity contribution < 1.29 is 26.7 Å². The number of aryl methyl sites for hydroxylation is 1. The van der Waals surface area contributed by atoms with Gasteiger partial charge >= 0.3 is 12.1 Å². The average Bonchev–Trinajstić information content (AvgIpc) is 2.90. The van der Waals surface area contributed by atoms with Crippen LogP contribution < -0.4 is 5.32 Å². The standard InChI is InChI=1S/C18H13F5N4O/c1-9-25-14-7-12(19)4-5-15(14)27(9)8-11-3-2-10(6-13(11)20)16(24)26-17(28)18(21,22)23/h2-7H,8H2,1H3,(H2,24,26,28). The normalized spacial score (nSPS) is 11.6. The molecule has 0 unspecified atom stereocenters. The molecule has 0 saturated carbocycles. The summed E-state index contributed by atoms with van der Waals surface area (Å²) in [6.07, 6.45) is -5.15. The smallest absolute Gasteiger partial charge is 0.324 e. The van der Waals surface area contributed by atoms with E-state index in [-0.39, 0.29) is 17.7 Å². The molecule has 0 radical (unpaired) electrons. The van der Waals surface area contributed by atoms with Crippen LogP contribution in [0.1, 0.15) is 17.0 Å². The van der Waals surface area contributed by atoms with Crippen molar-refractivity contribution in [2.75, 3.05) is 0 Å². The van der Waals surface area contributed by atoms with Crippen LogP contribution in [-0.2, 0) is 11.3 Å². The van der Waals surface area contributed by atoms with E-state index in [1.165, 1.54) is 35.6 Å². The predicted octanol–water partition coefficient (Wildman–Crippen LogP) is 3.68. The lowest BCUT2D eigenvalue weighted by Gasteiger charge is -2.12. The van der Waals surface area contributed by atoms with Gasteiger partial charge in [-0.1, -0.05) is 12.1 Å². The van der Waals surface area contributed by atoms with Gasteiger partial charge in [-0.15, -0.1) is 0 Å². The number of carbonyl (C=O) groups excluding carboxylic acids is 1. The van der Waals surface area contributed by atoms with Crippen molar-refractivity contribution in [1.29, 1.82) is 5.41 Å². The lowest BCUT2D eigenvalue weighted by Crippen LogP contribution is -2.40. The first-order valence-corrected chi connectivity index (χ1v) is 7.94. The van der Waals surface area contributed by atoms with Crippen molar-refractivity contribution in [3.05, 3.63) is 65.0 Å². The molecule has 2 N–H and O–H groups in total. The average molecular weight is 396 g/mol. The Morgan fingerprint density at radius 1 is 1.18 bits per heavy atom. The number of alkyl halides is 3. The highest BCUT2D eigenvalue weighted by atomic mass is 19.4. The van der Waals surface area contributed by atoms with Gasteiger partial charge in [0.1, 0.15) is 23.3 Å². The molecule has 0 aliphatic heterocycles. The molecule has 0 atom stereocenters. The van der Waals surface area contributed by atoms with Gasteiger partial charge in [0.15, 0.2) is 0 Å². The number of rotatable bonds is 3. The van der Waals surface area contributed by atoms with Crippen LogP contribution in [0.3, 0.4) is 0 Å². The zero-order valence-electron chi connectivity index (χ0n) is 14.4. The fraction of sp³-hybridized carbons (Fsp3) is 0.167. The monoisotopic (exact) mass is 396 g/mol. The summed E-state index contributed by atoms with van der Waals surface area (Å²) in [5, 5.41) is 8.89. The van der Waals surface area contributed by atoms with Gasteiger partial charge in [0, 0.05) is 17.2 Å². The maximum atomic E-state index is 14.4. The fourth-order valence-electron chi connectivity index (χ4n) is 2.68. The lowest BCUT2D eigenvalue weighted by molar-refractivity contribution is -0.171. The van der Waals surface area contributed by atoms with Gasteiger partial charge < -0.3 is 9.88 Å². The van der Waals surface area contributed by atoms with Crippen molar-refractivity contribution in [2.24, 2.45) is 0 Å². The number of imidazole rings is 1. The number of carbonyl (C=O) groups is 1. The van der Waals surface area contributed by atoms with Crippen molar-refractivity contribution in [3.8, 4) is 0 Å². The molecule has 2 aromatic carbocycles. The summed E-state index contributed by atoms with van der Waals surface area (Å²) >= 11 is 0. The van der Waals surface area contributed by atoms with E-state index in [1.807, 2.05) is 0 Å². The first-order valence-electron chi connectivity index (χ1n) is 7.94. The Balaban J connectivity index is 1.85. The number of nitrogens with zero attached hydrogens (tertiary/aromatic N) is 2. The molecule has 1 aromatic heterocycles. The highest BCUT2D eigenvalue weighted by molar-refractivity contribution is 6.07. The topological polar surface area (TPSA) is 70.8 Å². The van der Waals surface area contributed by atoms with Crippen LogP contribution in [0.2, 0.25) is 0 Å². The lowest BCUT2D eigenvalue weighted by atomic mass is 10.1. The molecular weight excluding hydrogens is 383 g/mol. The van der Waals surface area contributed by atoms with Gasteiger partial charge in [0.25, 0.3) is 0 Å². The van der Waals surface area contributed by atoms with Crippen LogP contribution in [0, 0.1) is 24.0 Å². The quantitative estimate of drug-likeness (QED) is 0.403. The number of aromatic nitrogens is 2. The van der Waals surface area contributed by atoms with E-state index in [0.29, 0.717) is 16.9 Å². The molecule has 3 aromatic rings. The number of amides is 1. The van der Waals surface area contributed by atoms with Gasteiger partial charge in [-0.3, -0.25) is 10.2 Å². The van der Waals surface area contributed by atoms with Crippen molar-refractivity contribution in [2.45, 2.75) is 19.6 Å². The summed E-state index contributed by atoms with van der Waals surface area (Å²) in [5.74, 6) is -3.88. The summed E-state index contributed by atoms with van der Waals surface area (Å²) in [5.41, 5.74) is 0.970. The molecular formula is C18H13F5N4O. The molecule has 3 rings (SSSR count). The van der Waals surface area contributed by atoms with Gasteiger partial charge in [0.2, 0.25) is 0 Å². The summed E-state index contributed by atoms with van der Waals surface area (Å²) in [7, 11) is 0. The van der Waals surface area contributed by atoms with Gasteiger partial charge in [-0.25, -0.2) is 13.8 Å². The van der Waals surface area contributed by atoms with Crippen LogP contribution >= 0.6 is 0 Å². The molecule has 0 aliphatic rings. The van der Waals surface area contributed by atoms with E-state index in [1.54, 1.807) is 11.5 Å². The summed E-state index contributed by atoms with van der Waals surface area (Å²) < 4.78 is 66.2. The zero-order chi connectivity index (χ0) is 20.6. The molecule has 5 nitrogen and oxygen atoms in total. The number of nitrogens with one attached hydrogen (secondary N) is 2. The number of amidine groups is 1. The van der Waals surface area contributed by atoms with E-state index >= 15 is 0 Å². The van der Waals surface area contributed by atoms with Crippen molar-refractivity contribution in [1.82, 2.24) is 14.9 Å². The van der Waals surface area contributed by atoms with Crippen LogP contribution in [0.5, 0.6) is 0 Å². The van der Waals surface area contributed by atoms with E-state index in [0.717, 1.165) is 6.07 Å². The maximum Gasteiger partial charge on any atom is 0.471 e. The fourth-order valence-corrected chi connectivity index (χ4v) is 2.68. The van der Waals surface area contributed by atoms with Crippen molar-refractivity contribution >= 4 is 22.8 Å². The molecule has 146 valence electrons. The van der Waals surface area contributed by atoms with Gasteiger partial charge in [-0.2, -0.15) is 13.2 Å². The summed E-state index contributed by atoms with van der Waals surface area (Å²) in [6, 6.07) is 7.41. The Hall–Kier alpha value is -3.30. The molecule has 1 heterocycles. The number of hydrogen-bond donors (Lipinski definition) is 2. The maximum absolute atomic E-state index is 14.4. The third kappa shape index (κ3) is 3.85. The van der Waals surface area contributed by atoms with Crippen LogP contribution in [0.4, 0.5) is 22.0 Å². The predicted molar refractivity (Wildman–Crippen MR) is 91.0 cm³/mol. The Kier molecular flexibility index (Phi) is 4.88. The summed E-state index contributed by atoms with van der Waals surface area (Å²) in [4.78, 5) is 15.1. The highest BCUT2D eigenvalue weighted by Crippen LogP contribution is 2.21. The molecule has 0 spiro atoms. The second-order valence-electron chi connectivity index (χ2n) is 6.01. The largest absolute Gasteiger partial charge is 0.471 e. The summed E-state index contributed by atoms with van der Waals surface area (Å²) in [6.45, 7) is 1.72. The minimum Gasteiger partial charge on any atom is -0.324 e. The molecule has 10 heteroatoms. The third-order valence-electron chi connectivity index (χ3n) is 4.07. The van der Waals surface area contributed by atoms with Crippen molar-refractivity contribution in [3.63, 3.8) is 0 Å². The third-order valence-corrected chi connectivity index (χ3v) is 4.07. The molecule has 0 aliphatic carbocycles. The molecule has 0 saturated heterocycles. The Morgan fingerprint density at radius 3 is 2.54 bits per heavy atom. The van der Waals surface area contributed by atoms with E-state index in [2.05, 4.69) is 4.98 Å². The number of halogens is 5.